The molecule has 0 spiro atoms. The van der Waals surface area contributed by atoms with Crippen LogP contribution >= 0.6 is 19.7 Å². The Hall–Kier alpha value is -0.0700. The quantitative estimate of drug-likeness (QED) is 0.161. The average molecular weight is 367 g/mol. The number of carbonyl (C=O) groups excluding carboxylic acids is 1. The third-order valence-corrected chi connectivity index (χ3v) is 10.3. The topological polar surface area (TPSA) is 26.3 Å². The minimum Gasteiger partial charge on any atom is -0.147 e. The van der Waals surface area contributed by atoms with E-state index in [4.69, 9.17) is 4.74 Å². The van der Waals surface area contributed by atoms with Gasteiger partial charge in [-0.05, 0) is 0 Å². The minimum absolute atomic E-state index is 0. The van der Waals surface area contributed by atoms with Crippen LogP contribution in [0.4, 0.5) is 0 Å². The molecule has 4 heteroatoms. The zero-order valence-electron chi connectivity index (χ0n) is 15.9. The molecule has 2 nitrogen and oxygen atoms in total. The summed E-state index contributed by atoms with van der Waals surface area (Å²) in [6.07, 6.45) is 14.8. The standard InChI is InChI=1S/C19H39O2P.ClH/c1-6-9-14-22(15-10-7-2,16-11-8-3)17-12-13-21-19(20)18(4)5;/h22H,4,6-17H2,1-3,5H3;1H. The van der Waals surface area contributed by atoms with Crippen LogP contribution in [0.1, 0.15) is 72.6 Å². The molecule has 0 unspecified atom stereocenters. The molecule has 0 N–H and O–H groups in total. The summed E-state index contributed by atoms with van der Waals surface area (Å²) in [7, 11) is -1.17. The Kier molecular flexibility index (Phi) is 16.9. The van der Waals surface area contributed by atoms with Crippen LogP contribution in [0.25, 0.3) is 0 Å². The second kappa shape index (κ2) is 15.5. The van der Waals surface area contributed by atoms with Gasteiger partial charge in [0.05, 0.1) is 0 Å². The van der Waals surface area contributed by atoms with Crippen molar-refractivity contribution in [3.8, 4) is 0 Å². The molecule has 0 aromatic heterocycles. The number of hydrogen-bond acceptors (Lipinski definition) is 2. The fourth-order valence-corrected chi connectivity index (χ4v) is 8.85. The molecule has 0 heterocycles. The molecule has 0 fully saturated rings. The minimum atomic E-state index is -1.17. The predicted molar refractivity (Wildman–Crippen MR) is 110 cm³/mol. The SMILES string of the molecule is C=C(C)C(=O)OCCC[PH](CCCC)(CCCC)CCCC.Cl. The molecular formula is C19H40ClO2P. The summed E-state index contributed by atoms with van der Waals surface area (Å²) in [4.78, 5) is 11.5. The van der Waals surface area contributed by atoms with Crippen molar-refractivity contribution >= 4 is 25.6 Å². The van der Waals surface area contributed by atoms with Crippen molar-refractivity contribution < 1.29 is 9.53 Å². The maximum absolute atomic E-state index is 11.5. The van der Waals surface area contributed by atoms with Crippen LogP contribution in [0, 0.1) is 0 Å². The summed E-state index contributed by atoms with van der Waals surface area (Å²) in [6, 6.07) is 0. The first-order chi connectivity index (χ1) is 10.5. The number of hydrogen-bond donors (Lipinski definition) is 0. The van der Waals surface area contributed by atoms with Gasteiger partial charge in [-0.2, -0.15) is 0 Å². The van der Waals surface area contributed by atoms with E-state index in [9.17, 15) is 4.79 Å². The van der Waals surface area contributed by atoms with Crippen LogP contribution in [0.5, 0.6) is 0 Å². The van der Waals surface area contributed by atoms with Crippen molar-refractivity contribution in [2.75, 3.05) is 31.3 Å². The van der Waals surface area contributed by atoms with E-state index in [2.05, 4.69) is 27.4 Å². The Morgan fingerprint density at radius 3 is 1.61 bits per heavy atom. The van der Waals surface area contributed by atoms with E-state index >= 15 is 0 Å². The normalized spacial score (nSPS) is 11.7. The number of unbranched alkanes of at least 4 members (excludes halogenated alkanes) is 3. The van der Waals surface area contributed by atoms with Crippen molar-refractivity contribution in [1.82, 2.24) is 0 Å². The second-order valence-corrected chi connectivity index (χ2v) is 11.8. The Bertz CT molecular complexity index is 297. The molecule has 0 bridgehead atoms. The fraction of sp³-hybridized carbons (Fsp3) is 0.842. The van der Waals surface area contributed by atoms with Gasteiger partial charge in [-0.3, -0.25) is 0 Å². The van der Waals surface area contributed by atoms with E-state index in [-0.39, 0.29) is 18.4 Å². The molecule has 23 heavy (non-hydrogen) atoms. The summed E-state index contributed by atoms with van der Waals surface area (Å²) in [6.45, 7) is 12.8. The third-order valence-electron chi connectivity index (χ3n) is 4.62. The molecular weight excluding hydrogens is 327 g/mol. The average Bonchev–Trinajstić information content (AvgIpc) is 2.52. The van der Waals surface area contributed by atoms with Gasteiger partial charge in [0.1, 0.15) is 0 Å². The molecule has 0 aromatic carbocycles. The summed E-state index contributed by atoms with van der Waals surface area (Å²) < 4.78 is 5.30. The Morgan fingerprint density at radius 2 is 1.26 bits per heavy atom. The van der Waals surface area contributed by atoms with Gasteiger partial charge in [-0.15, -0.1) is 12.4 Å². The molecule has 0 aliphatic rings. The van der Waals surface area contributed by atoms with Crippen LogP contribution < -0.4 is 0 Å². The number of halogens is 1. The van der Waals surface area contributed by atoms with Gasteiger partial charge in [0, 0.05) is 0 Å². The van der Waals surface area contributed by atoms with E-state index < -0.39 is 7.26 Å². The Balaban J connectivity index is 0. The van der Waals surface area contributed by atoms with Crippen molar-refractivity contribution in [3.05, 3.63) is 12.2 Å². The monoisotopic (exact) mass is 366 g/mol. The molecule has 0 aliphatic carbocycles. The molecule has 0 amide bonds. The maximum atomic E-state index is 11.5. The van der Waals surface area contributed by atoms with Gasteiger partial charge in [-0.25, -0.2) is 0 Å². The van der Waals surface area contributed by atoms with Gasteiger partial charge in [-0.1, -0.05) is 0 Å². The van der Waals surface area contributed by atoms with Gasteiger partial charge in [0.25, 0.3) is 0 Å². The number of carbonyl (C=O) groups is 1. The Labute approximate surface area is 151 Å². The maximum Gasteiger partial charge on any atom is -0.147 e. The zero-order valence-corrected chi connectivity index (χ0v) is 17.7. The van der Waals surface area contributed by atoms with Crippen LogP contribution in [-0.2, 0) is 9.53 Å². The molecule has 0 rings (SSSR count). The van der Waals surface area contributed by atoms with Crippen LogP contribution in [0.2, 0.25) is 0 Å². The summed E-state index contributed by atoms with van der Waals surface area (Å²) in [5.41, 5.74) is 0.506. The zero-order chi connectivity index (χ0) is 16.8. The van der Waals surface area contributed by atoms with E-state index in [0.717, 1.165) is 6.42 Å². The predicted octanol–water partition coefficient (Wildman–Crippen LogP) is 6.07. The van der Waals surface area contributed by atoms with Crippen LogP contribution in [-0.4, -0.2) is 37.2 Å². The second-order valence-electron chi connectivity index (χ2n) is 6.83. The molecule has 0 saturated heterocycles. The molecule has 0 saturated carbocycles. The molecule has 0 aromatic rings. The van der Waals surface area contributed by atoms with Crippen molar-refractivity contribution in [2.45, 2.75) is 72.6 Å². The van der Waals surface area contributed by atoms with Crippen molar-refractivity contribution in [2.24, 2.45) is 0 Å². The third kappa shape index (κ3) is 12.0. The summed E-state index contributed by atoms with van der Waals surface area (Å²) >= 11 is 0. The smallest absolute Gasteiger partial charge is 0.147 e. The molecule has 0 radical (unpaired) electrons. The number of esters is 1. The molecule has 140 valence electrons. The van der Waals surface area contributed by atoms with Gasteiger partial charge in [0.2, 0.25) is 0 Å². The van der Waals surface area contributed by atoms with E-state index in [1.54, 1.807) is 6.92 Å². The van der Waals surface area contributed by atoms with E-state index in [1.165, 1.54) is 63.2 Å². The number of ether oxygens (including phenoxy) is 1. The first-order valence-corrected chi connectivity index (χ1v) is 12.2. The van der Waals surface area contributed by atoms with Gasteiger partial charge in [0.15, 0.2) is 0 Å². The van der Waals surface area contributed by atoms with Crippen LogP contribution in [0.3, 0.4) is 0 Å². The van der Waals surface area contributed by atoms with Crippen LogP contribution in [0.15, 0.2) is 12.2 Å². The first kappa shape index (κ1) is 25.2. The summed E-state index contributed by atoms with van der Waals surface area (Å²) in [5, 5.41) is 0. The summed E-state index contributed by atoms with van der Waals surface area (Å²) in [5.74, 6) is -0.233. The fourth-order valence-electron chi connectivity index (χ4n) is 3.14. The van der Waals surface area contributed by atoms with Crippen molar-refractivity contribution in [1.29, 1.82) is 0 Å². The molecule has 0 aliphatic heterocycles. The molecule has 0 atom stereocenters. The Morgan fingerprint density at radius 1 is 0.870 bits per heavy atom. The number of rotatable bonds is 14. The van der Waals surface area contributed by atoms with E-state index in [1.807, 2.05) is 0 Å². The first-order valence-electron chi connectivity index (χ1n) is 9.34. The van der Waals surface area contributed by atoms with E-state index in [0.29, 0.717) is 12.2 Å². The largest absolute Gasteiger partial charge is 0.147 e. The van der Waals surface area contributed by atoms with Gasteiger partial charge < -0.3 is 0 Å². The van der Waals surface area contributed by atoms with Gasteiger partial charge >= 0.3 is 139 Å². The van der Waals surface area contributed by atoms with Crippen molar-refractivity contribution in [3.63, 3.8) is 0 Å².